The molecule has 3 aromatic carbocycles. The van der Waals surface area contributed by atoms with Gasteiger partial charge in [0.15, 0.2) is 0 Å². The van der Waals surface area contributed by atoms with E-state index < -0.39 is 17.9 Å². The van der Waals surface area contributed by atoms with Gasteiger partial charge in [-0.1, -0.05) is 77.8 Å². The second kappa shape index (κ2) is 11.6. The third kappa shape index (κ3) is 6.22. The molecule has 1 atom stereocenters. The average molecular weight is 560 g/mol. The summed E-state index contributed by atoms with van der Waals surface area (Å²) in [6.07, 6.45) is 1.64. The highest BCUT2D eigenvalue weighted by molar-refractivity contribution is 6.32. The highest BCUT2D eigenvalue weighted by Crippen LogP contribution is 2.29. The van der Waals surface area contributed by atoms with Gasteiger partial charge < -0.3 is 15.2 Å². The number of aromatic nitrogens is 2. The summed E-state index contributed by atoms with van der Waals surface area (Å²) < 4.78 is 7.38. The van der Waals surface area contributed by atoms with E-state index in [1.54, 1.807) is 52.9 Å². The molecule has 0 saturated carbocycles. The van der Waals surface area contributed by atoms with Crippen LogP contribution in [0, 0.1) is 0 Å². The molecule has 2 N–H and O–H groups in total. The van der Waals surface area contributed by atoms with Gasteiger partial charge in [-0.05, 0) is 47.5 Å². The average Bonchev–Trinajstić information content (AvgIpc) is 3.28. The molecule has 0 spiro atoms. The van der Waals surface area contributed by atoms with Crippen LogP contribution < -0.4 is 10.1 Å². The summed E-state index contributed by atoms with van der Waals surface area (Å²) in [6.45, 7) is 0.431. The fraction of sp³-hybridized carbons (Fsp3) is 0.100. The normalized spacial score (nSPS) is 11.7. The van der Waals surface area contributed by atoms with Crippen LogP contribution in [0.15, 0.2) is 97.2 Å². The van der Waals surface area contributed by atoms with Crippen LogP contribution in [0.1, 0.15) is 21.5 Å². The zero-order valence-corrected chi connectivity index (χ0v) is 22.1. The summed E-state index contributed by atoms with van der Waals surface area (Å²) in [5.74, 6) is -1.01. The number of aliphatic carboxylic acids is 1. The summed E-state index contributed by atoms with van der Waals surface area (Å²) in [5.41, 5.74) is 3.92. The monoisotopic (exact) mass is 559 g/mol. The van der Waals surface area contributed by atoms with Crippen LogP contribution >= 0.6 is 23.2 Å². The van der Waals surface area contributed by atoms with Crippen LogP contribution in [-0.4, -0.2) is 32.4 Å². The van der Waals surface area contributed by atoms with Crippen LogP contribution in [0.25, 0.3) is 16.9 Å². The van der Waals surface area contributed by atoms with Crippen molar-refractivity contribution in [3.05, 3.63) is 124 Å². The van der Waals surface area contributed by atoms with Gasteiger partial charge in [-0.2, -0.15) is 0 Å². The van der Waals surface area contributed by atoms with Crippen LogP contribution in [0.2, 0.25) is 10.2 Å². The minimum absolute atomic E-state index is 0.106. The van der Waals surface area contributed by atoms with Gasteiger partial charge in [0.25, 0.3) is 5.91 Å². The molecule has 7 nitrogen and oxygen atoms in total. The van der Waals surface area contributed by atoms with Crippen molar-refractivity contribution in [3.8, 4) is 17.0 Å². The predicted octanol–water partition coefficient (Wildman–Crippen LogP) is 6.31. The number of ether oxygens (including phenoxy) is 1. The van der Waals surface area contributed by atoms with E-state index in [2.05, 4.69) is 10.3 Å². The number of halogens is 2. The Bertz CT molecular complexity index is 1620. The molecule has 0 aliphatic carbocycles. The summed E-state index contributed by atoms with van der Waals surface area (Å²) in [6, 6.07) is 26.2. The van der Waals surface area contributed by atoms with E-state index in [9.17, 15) is 14.7 Å². The number of benzene rings is 3. The Hall–Kier alpha value is -4.33. The minimum atomic E-state index is -1.14. The fourth-order valence-corrected chi connectivity index (χ4v) is 4.49. The lowest BCUT2D eigenvalue weighted by Crippen LogP contribution is -2.42. The molecule has 196 valence electrons. The number of nitrogens with one attached hydrogen (secondary N) is 1. The molecule has 0 aliphatic heterocycles. The largest absolute Gasteiger partial charge is 0.489 e. The van der Waals surface area contributed by atoms with Crippen LogP contribution in [-0.2, 0) is 17.8 Å². The zero-order valence-electron chi connectivity index (χ0n) is 20.6. The Balaban J connectivity index is 1.27. The Labute approximate surface area is 234 Å². The van der Waals surface area contributed by atoms with Crippen molar-refractivity contribution < 1.29 is 19.4 Å². The van der Waals surface area contributed by atoms with E-state index >= 15 is 0 Å². The molecule has 5 rings (SSSR count). The summed E-state index contributed by atoms with van der Waals surface area (Å²) >= 11 is 12.6. The van der Waals surface area contributed by atoms with Crippen molar-refractivity contribution in [2.45, 2.75) is 19.1 Å². The van der Waals surface area contributed by atoms with Gasteiger partial charge in [-0.3, -0.25) is 9.20 Å². The highest BCUT2D eigenvalue weighted by Gasteiger charge is 2.22. The third-order valence-electron chi connectivity index (χ3n) is 6.16. The lowest BCUT2D eigenvalue weighted by atomic mass is 10.1. The Morgan fingerprint density at radius 3 is 2.31 bits per heavy atom. The van der Waals surface area contributed by atoms with E-state index in [-0.39, 0.29) is 12.0 Å². The first-order valence-corrected chi connectivity index (χ1v) is 12.9. The number of hydrogen-bond acceptors (Lipinski definition) is 4. The first-order chi connectivity index (χ1) is 18.9. The highest BCUT2D eigenvalue weighted by atomic mass is 35.5. The van der Waals surface area contributed by atoms with Gasteiger partial charge >= 0.3 is 5.97 Å². The van der Waals surface area contributed by atoms with Crippen LogP contribution in [0.4, 0.5) is 0 Å². The number of amides is 1. The zero-order chi connectivity index (χ0) is 27.4. The molecule has 2 aromatic heterocycles. The molecule has 2 heterocycles. The molecule has 9 heteroatoms. The number of carboxylic acid groups (broad SMARTS) is 1. The molecule has 1 amide bonds. The first-order valence-electron chi connectivity index (χ1n) is 12.1. The van der Waals surface area contributed by atoms with Gasteiger partial charge in [0, 0.05) is 23.2 Å². The van der Waals surface area contributed by atoms with Gasteiger partial charge in [0.2, 0.25) is 0 Å². The number of hydrogen-bond donors (Lipinski definition) is 2. The van der Waals surface area contributed by atoms with Gasteiger partial charge in [0.1, 0.15) is 34.9 Å². The smallest absolute Gasteiger partial charge is 0.326 e. The number of nitrogens with zero attached hydrogens (tertiary/aromatic N) is 2. The maximum absolute atomic E-state index is 13.0. The molecule has 0 fully saturated rings. The second-order valence-electron chi connectivity index (χ2n) is 8.89. The van der Waals surface area contributed by atoms with Gasteiger partial charge in [-0.15, -0.1) is 0 Å². The molecule has 0 aliphatic rings. The van der Waals surface area contributed by atoms with Crippen molar-refractivity contribution in [3.63, 3.8) is 0 Å². The van der Waals surface area contributed by atoms with Crippen LogP contribution in [0.3, 0.4) is 0 Å². The molecular weight excluding hydrogens is 537 g/mol. The van der Waals surface area contributed by atoms with E-state index in [0.717, 1.165) is 16.7 Å². The Morgan fingerprint density at radius 1 is 0.897 bits per heavy atom. The van der Waals surface area contributed by atoms with E-state index in [0.29, 0.717) is 33.9 Å². The SMILES string of the molecule is O=C(NC(Cc1ccc(OCc2ccccc2)cc1)C(=O)O)c1ccc2nc(-c3ccc(Cl)cc3)c(Cl)n2c1. The minimum Gasteiger partial charge on any atom is -0.489 e. The molecule has 5 aromatic rings. The van der Waals surface area contributed by atoms with Crippen LogP contribution in [0.5, 0.6) is 5.75 Å². The Morgan fingerprint density at radius 2 is 1.62 bits per heavy atom. The number of carbonyl (C=O) groups is 2. The molecule has 0 radical (unpaired) electrons. The molecule has 1 unspecified atom stereocenters. The van der Waals surface area contributed by atoms with Gasteiger partial charge in [-0.25, -0.2) is 9.78 Å². The molecule has 39 heavy (non-hydrogen) atoms. The lowest BCUT2D eigenvalue weighted by Gasteiger charge is -2.15. The quantitative estimate of drug-likeness (QED) is 0.220. The van der Waals surface area contributed by atoms with Crippen molar-refractivity contribution in [1.29, 1.82) is 0 Å². The van der Waals surface area contributed by atoms with Crippen molar-refractivity contribution in [1.82, 2.24) is 14.7 Å². The first kappa shape index (κ1) is 26.3. The second-order valence-corrected chi connectivity index (χ2v) is 9.69. The third-order valence-corrected chi connectivity index (χ3v) is 6.77. The maximum atomic E-state index is 13.0. The number of carbonyl (C=O) groups excluding carboxylic acids is 1. The Kier molecular flexibility index (Phi) is 7.81. The van der Waals surface area contributed by atoms with Crippen molar-refractivity contribution in [2.75, 3.05) is 0 Å². The van der Waals surface area contributed by atoms with Crippen molar-refractivity contribution >= 4 is 40.7 Å². The number of imidazole rings is 1. The summed E-state index contributed by atoms with van der Waals surface area (Å²) in [5, 5.41) is 13.3. The molecule has 0 saturated heterocycles. The molecule has 0 bridgehead atoms. The topological polar surface area (TPSA) is 92.9 Å². The fourth-order valence-electron chi connectivity index (χ4n) is 4.08. The van der Waals surface area contributed by atoms with Crippen molar-refractivity contribution in [2.24, 2.45) is 0 Å². The molecular formula is C30H23Cl2N3O4. The number of carboxylic acids is 1. The predicted molar refractivity (Wildman–Crippen MR) is 150 cm³/mol. The van der Waals surface area contributed by atoms with E-state index in [1.807, 2.05) is 42.5 Å². The van der Waals surface area contributed by atoms with E-state index in [1.165, 1.54) is 6.20 Å². The number of pyridine rings is 1. The maximum Gasteiger partial charge on any atom is 0.326 e. The lowest BCUT2D eigenvalue weighted by molar-refractivity contribution is -0.139. The number of rotatable bonds is 9. The standard InChI is InChI=1S/C30H23Cl2N3O4/c31-23-11-8-21(9-12-23)27-28(32)35-17-22(10-15-26(35)34-27)29(36)33-25(30(37)38)16-19-6-13-24(14-7-19)39-18-20-4-2-1-3-5-20/h1-15,17,25H,16,18H2,(H,33,36)(H,37,38). The van der Waals surface area contributed by atoms with Gasteiger partial charge in [0.05, 0.1) is 5.56 Å². The summed E-state index contributed by atoms with van der Waals surface area (Å²) in [7, 11) is 0. The number of fused-ring (bicyclic) bond motifs is 1. The van der Waals surface area contributed by atoms with E-state index in [4.69, 9.17) is 27.9 Å². The summed E-state index contributed by atoms with van der Waals surface area (Å²) in [4.78, 5) is 29.5.